The molecule has 1 saturated heterocycles. The number of nitrogens with one attached hydrogen (secondary N) is 2. The van der Waals surface area contributed by atoms with Gasteiger partial charge in [0.05, 0.1) is 32.1 Å². The highest BCUT2D eigenvalue weighted by Gasteiger charge is 2.49. The van der Waals surface area contributed by atoms with Gasteiger partial charge < -0.3 is 19.7 Å². The summed E-state index contributed by atoms with van der Waals surface area (Å²) in [4.78, 5) is 28.4. The molecule has 0 saturated carbocycles. The van der Waals surface area contributed by atoms with Gasteiger partial charge in [-0.05, 0) is 42.2 Å². The maximum absolute atomic E-state index is 13.8. The van der Waals surface area contributed by atoms with Gasteiger partial charge in [-0.25, -0.2) is 0 Å². The number of hydrogen-bond donors (Lipinski definition) is 2. The molecular formula is C29H37N5O4. The summed E-state index contributed by atoms with van der Waals surface area (Å²) in [5.41, 5.74) is 3.37. The minimum Gasteiger partial charge on any atom is -0.497 e. The van der Waals surface area contributed by atoms with Crippen LogP contribution in [0.4, 0.5) is 0 Å². The van der Waals surface area contributed by atoms with Gasteiger partial charge >= 0.3 is 0 Å². The number of methoxy groups -OCH3 is 1. The third-order valence-corrected chi connectivity index (χ3v) is 7.02. The van der Waals surface area contributed by atoms with Crippen LogP contribution in [-0.2, 0) is 32.8 Å². The lowest BCUT2D eigenvalue weighted by Crippen LogP contribution is -2.66. The van der Waals surface area contributed by atoms with E-state index >= 15 is 0 Å². The number of aryl methyl sites for hydroxylation is 2. The van der Waals surface area contributed by atoms with Crippen LogP contribution in [0.25, 0.3) is 0 Å². The average molecular weight is 520 g/mol. The molecule has 1 aromatic heterocycles. The van der Waals surface area contributed by atoms with E-state index in [9.17, 15) is 9.59 Å². The molecule has 2 amide bonds. The first-order valence-electron chi connectivity index (χ1n) is 13.2. The summed E-state index contributed by atoms with van der Waals surface area (Å²) in [6, 6.07) is 15.0. The Bertz CT molecular complexity index is 1190. The van der Waals surface area contributed by atoms with E-state index in [0.29, 0.717) is 38.2 Å². The van der Waals surface area contributed by atoms with E-state index in [0.717, 1.165) is 35.3 Å². The quantitative estimate of drug-likeness (QED) is 0.335. The van der Waals surface area contributed by atoms with Crippen molar-refractivity contribution in [1.29, 1.82) is 0 Å². The molecule has 3 aromatic rings. The average Bonchev–Trinajstić information content (AvgIpc) is 3.43. The molecule has 1 aliphatic rings. The van der Waals surface area contributed by atoms with E-state index in [1.54, 1.807) is 18.2 Å². The summed E-state index contributed by atoms with van der Waals surface area (Å²) in [5.74, 6) is 0.423. The lowest BCUT2D eigenvalue weighted by Gasteiger charge is -2.51. The Morgan fingerprint density at radius 3 is 2.58 bits per heavy atom. The van der Waals surface area contributed by atoms with Gasteiger partial charge in [0.1, 0.15) is 17.4 Å². The van der Waals surface area contributed by atoms with Crippen molar-refractivity contribution in [2.75, 3.05) is 26.8 Å². The van der Waals surface area contributed by atoms with Gasteiger partial charge in [0.2, 0.25) is 11.8 Å². The fourth-order valence-electron chi connectivity index (χ4n) is 4.83. The molecule has 0 unspecified atom stereocenters. The lowest BCUT2D eigenvalue weighted by molar-refractivity contribution is -0.175. The molecule has 38 heavy (non-hydrogen) atoms. The summed E-state index contributed by atoms with van der Waals surface area (Å²) >= 11 is 0. The number of benzene rings is 2. The van der Waals surface area contributed by atoms with Crippen LogP contribution in [-0.4, -0.2) is 65.0 Å². The Morgan fingerprint density at radius 1 is 1.16 bits per heavy atom. The van der Waals surface area contributed by atoms with Crippen LogP contribution >= 0.6 is 0 Å². The summed E-state index contributed by atoms with van der Waals surface area (Å²) < 4.78 is 11.7. The number of H-pyrrole nitrogens is 1. The summed E-state index contributed by atoms with van der Waals surface area (Å²) in [6.07, 6.45) is 4.63. The SMILES string of the molecule is CCCCOC1(c2ccccc2C)CN(C(=O)[C@@H](Cc2ccc(OC)cc2)NC(=O)CCc2cn[nH]n2)C1. The first-order valence-corrected chi connectivity index (χ1v) is 13.2. The Labute approximate surface area is 223 Å². The second kappa shape index (κ2) is 12.7. The zero-order valence-electron chi connectivity index (χ0n) is 22.4. The molecule has 2 N–H and O–H groups in total. The number of amides is 2. The summed E-state index contributed by atoms with van der Waals surface area (Å²) in [7, 11) is 1.61. The number of aromatic amines is 1. The second-order valence-electron chi connectivity index (χ2n) is 9.84. The van der Waals surface area contributed by atoms with Gasteiger partial charge in [-0.15, -0.1) is 0 Å². The van der Waals surface area contributed by atoms with Gasteiger partial charge in [0.25, 0.3) is 0 Å². The van der Waals surface area contributed by atoms with Crippen LogP contribution in [0.5, 0.6) is 5.75 Å². The maximum atomic E-state index is 13.8. The Hall–Kier alpha value is -3.72. The highest BCUT2D eigenvalue weighted by Crippen LogP contribution is 2.38. The van der Waals surface area contributed by atoms with Crippen LogP contribution in [0, 0.1) is 6.92 Å². The second-order valence-corrected chi connectivity index (χ2v) is 9.84. The lowest BCUT2D eigenvalue weighted by atomic mass is 9.82. The highest BCUT2D eigenvalue weighted by molar-refractivity contribution is 5.88. The van der Waals surface area contributed by atoms with Crippen LogP contribution < -0.4 is 10.1 Å². The van der Waals surface area contributed by atoms with Crippen molar-refractivity contribution in [1.82, 2.24) is 25.6 Å². The van der Waals surface area contributed by atoms with Crippen LogP contribution in [0.2, 0.25) is 0 Å². The zero-order valence-corrected chi connectivity index (χ0v) is 22.4. The number of ether oxygens (including phenoxy) is 2. The van der Waals surface area contributed by atoms with E-state index in [1.165, 1.54) is 0 Å². The van der Waals surface area contributed by atoms with Gasteiger partial charge in [-0.3, -0.25) is 9.59 Å². The zero-order chi connectivity index (χ0) is 27.0. The molecule has 9 nitrogen and oxygen atoms in total. The van der Waals surface area contributed by atoms with Crippen molar-refractivity contribution in [2.45, 2.75) is 57.6 Å². The predicted molar refractivity (Wildman–Crippen MR) is 144 cm³/mol. The Kier molecular flexibility index (Phi) is 9.12. The molecule has 2 aromatic carbocycles. The Balaban J connectivity index is 1.48. The van der Waals surface area contributed by atoms with Gasteiger partial charge in [-0.1, -0.05) is 49.7 Å². The molecule has 9 heteroatoms. The number of aromatic nitrogens is 3. The van der Waals surface area contributed by atoms with Crippen molar-refractivity contribution >= 4 is 11.8 Å². The molecule has 0 radical (unpaired) electrons. The topological polar surface area (TPSA) is 109 Å². The van der Waals surface area contributed by atoms with Crippen molar-refractivity contribution in [3.8, 4) is 5.75 Å². The number of likely N-dealkylation sites (tertiary alicyclic amines) is 1. The van der Waals surface area contributed by atoms with Crippen molar-refractivity contribution in [3.05, 3.63) is 77.1 Å². The van der Waals surface area contributed by atoms with Crippen molar-refractivity contribution in [3.63, 3.8) is 0 Å². The monoisotopic (exact) mass is 519 g/mol. The standard InChI is InChI=1S/C29H37N5O4/c1-4-5-16-38-29(25-9-7-6-8-21(25)2)19-34(20-29)28(36)26(17-22-10-13-24(37-3)14-11-22)31-27(35)15-12-23-18-30-33-32-23/h6-11,13-14,18,26H,4-5,12,15-17,19-20H2,1-3H3,(H,31,35)(H,30,32,33)/t26-/m1/s1. The van der Waals surface area contributed by atoms with Gasteiger partial charge in [0.15, 0.2) is 0 Å². The number of rotatable bonds is 13. The minimum atomic E-state index is -0.696. The first-order chi connectivity index (χ1) is 18.4. The summed E-state index contributed by atoms with van der Waals surface area (Å²) in [6.45, 7) is 5.76. The van der Waals surface area contributed by atoms with E-state index in [4.69, 9.17) is 9.47 Å². The van der Waals surface area contributed by atoms with E-state index in [-0.39, 0.29) is 18.2 Å². The van der Waals surface area contributed by atoms with Crippen LogP contribution in [0.3, 0.4) is 0 Å². The molecule has 1 aliphatic heterocycles. The van der Waals surface area contributed by atoms with Crippen LogP contribution in [0.1, 0.15) is 48.6 Å². The van der Waals surface area contributed by atoms with Crippen LogP contribution in [0.15, 0.2) is 54.7 Å². The molecule has 0 bridgehead atoms. The maximum Gasteiger partial charge on any atom is 0.245 e. The highest BCUT2D eigenvalue weighted by atomic mass is 16.5. The van der Waals surface area contributed by atoms with Gasteiger partial charge in [-0.2, -0.15) is 15.4 Å². The first kappa shape index (κ1) is 27.3. The minimum absolute atomic E-state index is 0.112. The molecule has 2 heterocycles. The largest absolute Gasteiger partial charge is 0.497 e. The third-order valence-electron chi connectivity index (χ3n) is 7.02. The number of hydrogen-bond acceptors (Lipinski definition) is 6. The molecule has 0 spiro atoms. The van der Waals surface area contributed by atoms with E-state index < -0.39 is 11.6 Å². The molecule has 1 fully saturated rings. The Morgan fingerprint density at radius 2 is 1.92 bits per heavy atom. The molecule has 202 valence electrons. The number of nitrogens with zero attached hydrogens (tertiary/aromatic N) is 3. The molecule has 0 aliphatic carbocycles. The predicted octanol–water partition coefficient (Wildman–Crippen LogP) is 3.34. The smallest absolute Gasteiger partial charge is 0.245 e. The summed E-state index contributed by atoms with van der Waals surface area (Å²) in [5, 5.41) is 13.3. The fraction of sp³-hybridized carbons (Fsp3) is 0.448. The number of carbonyl (C=O) groups is 2. The normalized spacial score (nSPS) is 15.0. The van der Waals surface area contributed by atoms with Crippen molar-refractivity contribution in [2.24, 2.45) is 0 Å². The number of unbranched alkanes of at least 4 members (excludes halogenated alkanes) is 1. The van der Waals surface area contributed by atoms with E-state index in [2.05, 4.69) is 46.7 Å². The van der Waals surface area contributed by atoms with E-state index in [1.807, 2.05) is 36.4 Å². The number of carbonyl (C=O) groups excluding carboxylic acids is 2. The molecule has 4 rings (SSSR count). The van der Waals surface area contributed by atoms with Crippen molar-refractivity contribution < 1.29 is 19.1 Å². The fourth-order valence-corrected chi connectivity index (χ4v) is 4.83. The molecular weight excluding hydrogens is 482 g/mol. The van der Waals surface area contributed by atoms with Gasteiger partial charge in [0, 0.05) is 25.9 Å². The third kappa shape index (κ3) is 6.58. The molecule has 1 atom stereocenters.